The van der Waals surface area contributed by atoms with Crippen molar-refractivity contribution in [3.8, 4) is 5.75 Å². The Kier molecular flexibility index (Phi) is 3.81. The number of ether oxygens (including phenoxy) is 1. The van der Waals surface area contributed by atoms with Gasteiger partial charge < -0.3 is 10.5 Å². The molecule has 0 spiro atoms. The van der Waals surface area contributed by atoms with E-state index < -0.39 is 0 Å². The van der Waals surface area contributed by atoms with E-state index in [1.807, 2.05) is 37.3 Å². The average Bonchev–Trinajstić information content (AvgIpc) is 2.98. The molecule has 0 bridgehead atoms. The van der Waals surface area contributed by atoms with Gasteiger partial charge in [-0.1, -0.05) is 12.1 Å². The van der Waals surface area contributed by atoms with E-state index in [-0.39, 0.29) is 12.1 Å². The number of rotatable bonds is 4. The zero-order valence-electron chi connectivity index (χ0n) is 12.1. The monoisotopic (exact) mass is 287 g/mol. The minimum Gasteiger partial charge on any atom is -0.491 e. The van der Waals surface area contributed by atoms with Crippen molar-refractivity contribution in [3.05, 3.63) is 51.2 Å². The molecule has 3 rings (SSSR count). The van der Waals surface area contributed by atoms with E-state index in [9.17, 15) is 0 Å². The summed E-state index contributed by atoms with van der Waals surface area (Å²) in [5, 5.41) is 0. The number of benzene rings is 1. The van der Waals surface area contributed by atoms with Crippen LogP contribution in [-0.2, 0) is 12.8 Å². The molecule has 0 saturated carbocycles. The van der Waals surface area contributed by atoms with Gasteiger partial charge in [-0.3, -0.25) is 0 Å². The Bertz CT molecular complexity index is 581. The predicted molar refractivity (Wildman–Crippen MR) is 84.6 cm³/mol. The lowest BCUT2D eigenvalue weighted by Gasteiger charge is -2.14. The van der Waals surface area contributed by atoms with E-state index in [1.54, 1.807) is 0 Å². The Hall–Kier alpha value is -1.32. The van der Waals surface area contributed by atoms with Crippen molar-refractivity contribution < 1.29 is 4.74 Å². The molecule has 2 aromatic rings. The number of nitrogens with two attached hydrogens (primary N) is 1. The first-order valence-corrected chi connectivity index (χ1v) is 8.09. The van der Waals surface area contributed by atoms with Gasteiger partial charge in [0, 0.05) is 9.75 Å². The van der Waals surface area contributed by atoms with Crippen LogP contribution in [0.1, 0.15) is 47.2 Å². The van der Waals surface area contributed by atoms with E-state index >= 15 is 0 Å². The van der Waals surface area contributed by atoms with Gasteiger partial charge >= 0.3 is 0 Å². The van der Waals surface area contributed by atoms with Crippen molar-refractivity contribution in [1.29, 1.82) is 0 Å². The number of hydrogen-bond donors (Lipinski definition) is 1. The van der Waals surface area contributed by atoms with Gasteiger partial charge in [-0.05, 0) is 62.4 Å². The fourth-order valence-electron chi connectivity index (χ4n) is 2.72. The molecule has 0 saturated heterocycles. The first-order chi connectivity index (χ1) is 9.63. The molecule has 1 heterocycles. The standard InChI is InChI=1S/C17H21NOS/c1-11(2)19-14-7-3-6-13(9-14)17(18)16-10-12-5-4-8-15(12)20-16/h3,6-7,9-11,17H,4-5,8,18H2,1-2H3. The molecule has 0 amide bonds. The fourth-order valence-corrected chi connectivity index (χ4v) is 4.01. The zero-order valence-corrected chi connectivity index (χ0v) is 12.9. The predicted octanol–water partition coefficient (Wildman–Crippen LogP) is 4.07. The van der Waals surface area contributed by atoms with E-state index in [0.717, 1.165) is 11.3 Å². The first-order valence-electron chi connectivity index (χ1n) is 7.27. The van der Waals surface area contributed by atoms with Gasteiger partial charge in [0.1, 0.15) is 5.75 Å². The number of hydrogen-bond acceptors (Lipinski definition) is 3. The molecule has 1 atom stereocenters. The highest BCUT2D eigenvalue weighted by molar-refractivity contribution is 7.12. The van der Waals surface area contributed by atoms with E-state index in [4.69, 9.17) is 10.5 Å². The summed E-state index contributed by atoms with van der Waals surface area (Å²) >= 11 is 1.88. The van der Waals surface area contributed by atoms with Crippen LogP contribution in [-0.4, -0.2) is 6.10 Å². The number of fused-ring (bicyclic) bond motifs is 1. The van der Waals surface area contributed by atoms with Crippen LogP contribution in [0.25, 0.3) is 0 Å². The lowest BCUT2D eigenvalue weighted by molar-refractivity contribution is 0.242. The second-order valence-electron chi connectivity index (χ2n) is 5.67. The van der Waals surface area contributed by atoms with Gasteiger partial charge in [0.25, 0.3) is 0 Å². The maximum Gasteiger partial charge on any atom is 0.120 e. The Morgan fingerprint density at radius 3 is 2.80 bits per heavy atom. The molecule has 1 aromatic carbocycles. The van der Waals surface area contributed by atoms with Crippen molar-refractivity contribution in [1.82, 2.24) is 0 Å². The van der Waals surface area contributed by atoms with Gasteiger partial charge in [-0.25, -0.2) is 0 Å². The Morgan fingerprint density at radius 2 is 2.05 bits per heavy atom. The highest BCUT2D eigenvalue weighted by Gasteiger charge is 2.19. The molecule has 1 aliphatic carbocycles. The van der Waals surface area contributed by atoms with Crippen molar-refractivity contribution in [2.24, 2.45) is 5.73 Å². The summed E-state index contributed by atoms with van der Waals surface area (Å²) in [6, 6.07) is 10.4. The molecule has 0 fully saturated rings. The van der Waals surface area contributed by atoms with Crippen molar-refractivity contribution in [3.63, 3.8) is 0 Å². The van der Waals surface area contributed by atoms with Crippen molar-refractivity contribution in [2.45, 2.75) is 45.3 Å². The topological polar surface area (TPSA) is 35.2 Å². The summed E-state index contributed by atoms with van der Waals surface area (Å²) in [5.74, 6) is 0.900. The zero-order chi connectivity index (χ0) is 14.1. The third-order valence-corrected chi connectivity index (χ3v) is 4.98. The van der Waals surface area contributed by atoms with Crippen LogP contribution >= 0.6 is 11.3 Å². The SMILES string of the molecule is CC(C)Oc1cccc(C(N)c2cc3c(s2)CCC3)c1. The van der Waals surface area contributed by atoms with E-state index in [2.05, 4.69) is 18.2 Å². The summed E-state index contributed by atoms with van der Waals surface area (Å²) < 4.78 is 5.75. The van der Waals surface area contributed by atoms with Crippen LogP contribution in [0.3, 0.4) is 0 Å². The molecule has 1 aromatic heterocycles. The smallest absolute Gasteiger partial charge is 0.120 e. The summed E-state index contributed by atoms with van der Waals surface area (Å²) in [7, 11) is 0. The second kappa shape index (κ2) is 5.58. The lowest BCUT2D eigenvalue weighted by Crippen LogP contribution is -2.11. The molecular formula is C17H21NOS. The van der Waals surface area contributed by atoms with E-state index in [1.165, 1.54) is 34.6 Å². The Morgan fingerprint density at radius 1 is 1.20 bits per heavy atom. The molecule has 1 unspecified atom stereocenters. The van der Waals surface area contributed by atoms with Gasteiger partial charge in [0.2, 0.25) is 0 Å². The minimum atomic E-state index is -0.0405. The molecule has 1 aliphatic rings. The van der Waals surface area contributed by atoms with Crippen LogP contribution in [0, 0.1) is 0 Å². The summed E-state index contributed by atoms with van der Waals surface area (Å²) in [6.45, 7) is 4.08. The lowest BCUT2D eigenvalue weighted by atomic mass is 10.1. The highest BCUT2D eigenvalue weighted by Crippen LogP contribution is 2.35. The largest absolute Gasteiger partial charge is 0.491 e. The molecule has 2 N–H and O–H groups in total. The maximum absolute atomic E-state index is 6.43. The summed E-state index contributed by atoms with van der Waals surface area (Å²) in [5.41, 5.74) is 9.07. The van der Waals surface area contributed by atoms with Crippen molar-refractivity contribution in [2.75, 3.05) is 0 Å². The first kappa shape index (κ1) is 13.7. The Balaban J connectivity index is 1.83. The van der Waals surface area contributed by atoms with Crippen LogP contribution in [0.4, 0.5) is 0 Å². The van der Waals surface area contributed by atoms with Gasteiger partial charge in [-0.2, -0.15) is 0 Å². The molecule has 20 heavy (non-hydrogen) atoms. The average molecular weight is 287 g/mol. The normalized spacial score (nSPS) is 15.4. The molecular weight excluding hydrogens is 266 g/mol. The van der Waals surface area contributed by atoms with Gasteiger partial charge in [0.05, 0.1) is 12.1 Å². The van der Waals surface area contributed by atoms with E-state index in [0.29, 0.717) is 0 Å². The van der Waals surface area contributed by atoms with Crippen LogP contribution < -0.4 is 10.5 Å². The third kappa shape index (κ3) is 2.74. The second-order valence-corrected chi connectivity index (χ2v) is 6.84. The van der Waals surface area contributed by atoms with Crippen molar-refractivity contribution >= 4 is 11.3 Å². The maximum atomic E-state index is 6.43. The fraction of sp³-hybridized carbons (Fsp3) is 0.412. The molecule has 2 nitrogen and oxygen atoms in total. The van der Waals surface area contributed by atoms with Gasteiger partial charge in [-0.15, -0.1) is 11.3 Å². The third-order valence-electron chi connectivity index (χ3n) is 3.66. The molecule has 106 valence electrons. The quantitative estimate of drug-likeness (QED) is 0.920. The molecule has 0 radical (unpaired) electrons. The van der Waals surface area contributed by atoms with Gasteiger partial charge in [0.15, 0.2) is 0 Å². The van der Waals surface area contributed by atoms with Crippen LogP contribution in [0.2, 0.25) is 0 Å². The van der Waals surface area contributed by atoms with Crippen LogP contribution in [0.15, 0.2) is 30.3 Å². The Labute approximate surface area is 124 Å². The summed E-state index contributed by atoms with van der Waals surface area (Å²) in [6.07, 6.45) is 3.93. The molecule has 0 aliphatic heterocycles. The number of aryl methyl sites for hydroxylation is 2. The highest BCUT2D eigenvalue weighted by atomic mass is 32.1. The minimum absolute atomic E-state index is 0.0405. The molecule has 3 heteroatoms. The summed E-state index contributed by atoms with van der Waals surface area (Å²) in [4.78, 5) is 2.81. The number of thiophene rings is 1. The van der Waals surface area contributed by atoms with Crippen LogP contribution in [0.5, 0.6) is 5.75 Å².